The van der Waals surface area contributed by atoms with E-state index in [9.17, 15) is 0 Å². The van der Waals surface area contributed by atoms with Gasteiger partial charge in [-0.3, -0.25) is 0 Å². The van der Waals surface area contributed by atoms with Crippen LogP contribution in [0.2, 0.25) is 0 Å². The van der Waals surface area contributed by atoms with Gasteiger partial charge < -0.3 is 10.7 Å². The smallest absolute Gasteiger partial charge is 0.161 e. The van der Waals surface area contributed by atoms with Crippen LogP contribution in [0.3, 0.4) is 0 Å². The van der Waals surface area contributed by atoms with Crippen LogP contribution in [0.4, 0.5) is 5.82 Å². The number of aromatic amines is 1. The molecule has 28 heavy (non-hydrogen) atoms. The van der Waals surface area contributed by atoms with E-state index in [-0.39, 0.29) is 0 Å². The van der Waals surface area contributed by atoms with Gasteiger partial charge in [0.25, 0.3) is 0 Å². The van der Waals surface area contributed by atoms with Crippen molar-refractivity contribution in [1.29, 1.82) is 0 Å². The number of anilines is 1. The Morgan fingerprint density at radius 2 is 1.96 bits per heavy atom. The average molecular weight is 387 g/mol. The molecule has 0 saturated heterocycles. The molecule has 0 saturated carbocycles. The summed E-state index contributed by atoms with van der Waals surface area (Å²) in [6, 6.07) is 16.2. The quantitative estimate of drug-likeness (QED) is 0.473. The van der Waals surface area contributed by atoms with Gasteiger partial charge in [0.15, 0.2) is 11.6 Å². The van der Waals surface area contributed by atoms with Crippen LogP contribution in [0.25, 0.3) is 33.8 Å². The molecule has 3 N–H and O–H groups in total. The zero-order valence-corrected chi connectivity index (χ0v) is 16.8. The first-order chi connectivity index (χ1) is 13.7. The standard InChI is InChI=1S/C22H22N5P/c1-2-14(13-28)10-15-8-9-17-18(11-15)27-22(26-17)20-21(23)24-12-19(25-20)16-6-4-3-5-7-16/h3-9,11-13H,2,10,28H2,1H3,(H2,23,24)(H,26,27)/b14-13+. The number of imidazole rings is 1. The lowest BCUT2D eigenvalue weighted by molar-refractivity contribution is 1.01. The van der Waals surface area contributed by atoms with Gasteiger partial charge in [-0.15, -0.1) is 9.24 Å². The summed E-state index contributed by atoms with van der Waals surface area (Å²) in [5.74, 6) is 3.10. The lowest BCUT2D eigenvalue weighted by atomic mass is 10.0. The van der Waals surface area contributed by atoms with Crippen LogP contribution in [0.5, 0.6) is 0 Å². The third-order valence-electron chi connectivity index (χ3n) is 4.76. The number of fused-ring (bicyclic) bond motifs is 1. The van der Waals surface area contributed by atoms with E-state index >= 15 is 0 Å². The van der Waals surface area contributed by atoms with E-state index in [1.165, 1.54) is 11.1 Å². The minimum absolute atomic E-state index is 0.359. The molecule has 0 fully saturated rings. The highest BCUT2D eigenvalue weighted by Gasteiger charge is 2.13. The highest BCUT2D eigenvalue weighted by atomic mass is 31.0. The molecule has 1 atom stereocenters. The second-order valence-electron chi connectivity index (χ2n) is 6.65. The summed E-state index contributed by atoms with van der Waals surface area (Å²) in [7, 11) is 2.69. The summed E-state index contributed by atoms with van der Waals surface area (Å²) < 4.78 is 0. The molecule has 2 aromatic carbocycles. The Morgan fingerprint density at radius 1 is 1.14 bits per heavy atom. The van der Waals surface area contributed by atoms with Crippen molar-refractivity contribution in [1.82, 2.24) is 19.9 Å². The molecule has 6 heteroatoms. The number of rotatable bonds is 5. The van der Waals surface area contributed by atoms with Crippen LogP contribution in [0.15, 0.2) is 66.1 Å². The van der Waals surface area contributed by atoms with Crippen molar-refractivity contribution in [3.63, 3.8) is 0 Å². The van der Waals surface area contributed by atoms with E-state index in [2.05, 4.69) is 49.1 Å². The maximum absolute atomic E-state index is 6.11. The summed E-state index contributed by atoms with van der Waals surface area (Å²) in [5.41, 5.74) is 12.9. The molecule has 0 radical (unpaired) electrons. The van der Waals surface area contributed by atoms with E-state index in [0.717, 1.165) is 35.1 Å². The maximum atomic E-state index is 6.11. The van der Waals surface area contributed by atoms with Crippen LogP contribution < -0.4 is 5.73 Å². The Kier molecular flexibility index (Phi) is 5.18. The predicted molar refractivity (Wildman–Crippen MR) is 119 cm³/mol. The van der Waals surface area contributed by atoms with Gasteiger partial charge in [0.05, 0.1) is 22.9 Å². The third kappa shape index (κ3) is 3.67. The molecule has 0 spiro atoms. The second kappa shape index (κ2) is 7.91. The van der Waals surface area contributed by atoms with Crippen molar-refractivity contribution in [3.05, 3.63) is 71.7 Å². The molecule has 2 heterocycles. The molecule has 0 bridgehead atoms. The van der Waals surface area contributed by atoms with Gasteiger partial charge in [-0.25, -0.2) is 15.0 Å². The number of nitrogens with zero attached hydrogens (tertiary/aromatic N) is 3. The first-order valence-corrected chi connectivity index (χ1v) is 9.91. The molecule has 4 rings (SSSR count). The van der Waals surface area contributed by atoms with Crippen LogP contribution in [0.1, 0.15) is 18.9 Å². The number of aromatic nitrogens is 4. The van der Waals surface area contributed by atoms with Crippen LogP contribution in [0, 0.1) is 0 Å². The SMILES string of the molecule is CC/C(=C\P)Cc1ccc2nc(-c3nc(-c4ccccc4)cnc3N)[nH]c2c1. The van der Waals surface area contributed by atoms with Gasteiger partial charge in [0.1, 0.15) is 5.69 Å². The van der Waals surface area contributed by atoms with Crippen LogP contribution in [-0.4, -0.2) is 19.9 Å². The highest BCUT2D eigenvalue weighted by molar-refractivity contribution is 7.20. The molecule has 0 aliphatic heterocycles. The number of nitrogens with two attached hydrogens (primary N) is 1. The fourth-order valence-electron chi connectivity index (χ4n) is 3.16. The Morgan fingerprint density at radius 3 is 2.71 bits per heavy atom. The van der Waals surface area contributed by atoms with Crippen molar-refractivity contribution < 1.29 is 0 Å². The third-order valence-corrected chi connectivity index (χ3v) is 5.23. The fourth-order valence-corrected chi connectivity index (χ4v) is 3.52. The summed E-state index contributed by atoms with van der Waals surface area (Å²) in [4.78, 5) is 17.1. The van der Waals surface area contributed by atoms with Crippen molar-refractivity contribution in [2.24, 2.45) is 0 Å². The lowest BCUT2D eigenvalue weighted by Crippen LogP contribution is -1.99. The van der Waals surface area contributed by atoms with Crippen LogP contribution >= 0.6 is 9.24 Å². The van der Waals surface area contributed by atoms with Crippen LogP contribution in [-0.2, 0) is 6.42 Å². The summed E-state index contributed by atoms with van der Waals surface area (Å²) in [5, 5.41) is 0. The minimum Gasteiger partial charge on any atom is -0.382 e. The Hall–Kier alpha value is -3.04. The molecule has 4 aromatic rings. The van der Waals surface area contributed by atoms with Gasteiger partial charge in [-0.1, -0.05) is 54.7 Å². The summed E-state index contributed by atoms with van der Waals surface area (Å²) in [6.07, 6.45) is 3.65. The lowest BCUT2D eigenvalue weighted by Gasteiger charge is -2.05. The average Bonchev–Trinajstić information content (AvgIpc) is 3.16. The molecule has 140 valence electrons. The largest absolute Gasteiger partial charge is 0.382 e. The van der Waals surface area contributed by atoms with E-state index in [1.54, 1.807) is 6.20 Å². The van der Waals surface area contributed by atoms with Crippen molar-refractivity contribution >= 4 is 26.1 Å². The van der Waals surface area contributed by atoms with Gasteiger partial charge in [0.2, 0.25) is 0 Å². The molecule has 0 aliphatic rings. The number of hydrogen-bond donors (Lipinski definition) is 2. The zero-order valence-electron chi connectivity index (χ0n) is 15.7. The molecule has 1 unspecified atom stereocenters. The highest BCUT2D eigenvalue weighted by Crippen LogP contribution is 2.27. The molecule has 5 nitrogen and oxygen atoms in total. The van der Waals surface area contributed by atoms with E-state index in [4.69, 9.17) is 10.7 Å². The maximum Gasteiger partial charge on any atom is 0.161 e. The number of nitrogen functional groups attached to an aromatic ring is 1. The Balaban J connectivity index is 1.73. The second-order valence-corrected chi connectivity index (χ2v) is 6.98. The van der Waals surface area contributed by atoms with E-state index in [1.807, 2.05) is 36.4 Å². The van der Waals surface area contributed by atoms with E-state index < -0.39 is 0 Å². The predicted octanol–water partition coefficient (Wildman–Crippen LogP) is 4.98. The number of benzene rings is 2. The molecule has 2 aromatic heterocycles. The van der Waals surface area contributed by atoms with Gasteiger partial charge in [-0.2, -0.15) is 0 Å². The Bertz CT molecular complexity index is 1150. The normalized spacial score (nSPS) is 11.9. The van der Waals surface area contributed by atoms with Crippen molar-refractivity contribution in [2.45, 2.75) is 19.8 Å². The summed E-state index contributed by atoms with van der Waals surface area (Å²) in [6.45, 7) is 2.17. The molecule has 0 aliphatic carbocycles. The monoisotopic (exact) mass is 387 g/mol. The first-order valence-electron chi connectivity index (χ1n) is 9.24. The molecular formula is C22H22N5P. The van der Waals surface area contributed by atoms with Crippen molar-refractivity contribution in [3.8, 4) is 22.8 Å². The zero-order chi connectivity index (χ0) is 19.5. The first kappa shape index (κ1) is 18.3. The van der Waals surface area contributed by atoms with Crippen molar-refractivity contribution in [2.75, 3.05) is 5.73 Å². The number of allylic oxidation sites excluding steroid dienone is 1. The van der Waals surface area contributed by atoms with Gasteiger partial charge in [-0.05, 0) is 30.5 Å². The topological polar surface area (TPSA) is 80.5 Å². The fraction of sp³-hybridized carbons (Fsp3) is 0.136. The minimum atomic E-state index is 0.359. The molecular weight excluding hydrogens is 365 g/mol. The summed E-state index contributed by atoms with van der Waals surface area (Å²) >= 11 is 0. The molecule has 0 amide bonds. The Labute approximate surface area is 166 Å². The van der Waals surface area contributed by atoms with Gasteiger partial charge >= 0.3 is 0 Å². The number of H-pyrrole nitrogens is 1. The number of hydrogen-bond acceptors (Lipinski definition) is 4. The van der Waals surface area contributed by atoms with Gasteiger partial charge in [0, 0.05) is 5.56 Å². The van der Waals surface area contributed by atoms with E-state index in [0.29, 0.717) is 17.3 Å². The number of nitrogens with one attached hydrogen (secondary N) is 1.